The van der Waals surface area contributed by atoms with Crippen LogP contribution in [0.2, 0.25) is 0 Å². The summed E-state index contributed by atoms with van der Waals surface area (Å²) in [5.41, 5.74) is 2.98. The maximum atomic E-state index is 4.28. The lowest BCUT2D eigenvalue weighted by Crippen LogP contribution is -2.43. The summed E-state index contributed by atoms with van der Waals surface area (Å²) in [5, 5.41) is 12.4. The number of hydrogen-bond acceptors (Lipinski definition) is 4. The van der Waals surface area contributed by atoms with Crippen LogP contribution >= 0.6 is 0 Å². The van der Waals surface area contributed by atoms with Crippen LogP contribution in [0.15, 0.2) is 24.3 Å². The highest BCUT2D eigenvalue weighted by molar-refractivity contribution is 5.59. The van der Waals surface area contributed by atoms with E-state index in [1.54, 1.807) is 0 Å². The first-order valence-electron chi connectivity index (χ1n) is 8.19. The van der Waals surface area contributed by atoms with Gasteiger partial charge in [0.05, 0.1) is 12.6 Å². The Labute approximate surface area is 131 Å². The van der Waals surface area contributed by atoms with E-state index < -0.39 is 0 Å². The molecule has 0 bridgehead atoms. The van der Waals surface area contributed by atoms with Gasteiger partial charge in [0.15, 0.2) is 5.82 Å². The van der Waals surface area contributed by atoms with Crippen LogP contribution in [0.4, 0.5) is 5.69 Å². The molecule has 22 heavy (non-hydrogen) atoms. The van der Waals surface area contributed by atoms with Crippen molar-refractivity contribution in [1.82, 2.24) is 20.2 Å². The molecule has 1 aromatic carbocycles. The van der Waals surface area contributed by atoms with E-state index in [2.05, 4.69) is 65.5 Å². The summed E-state index contributed by atoms with van der Waals surface area (Å²) < 4.78 is 2.02. The number of anilines is 1. The second-order valence-corrected chi connectivity index (χ2v) is 7.35. The molecule has 0 spiro atoms. The van der Waals surface area contributed by atoms with E-state index in [0.29, 0.717) is 12.1 Å². The molecule has 0 saturated heterocycles. The molecule has 2 aliphatic rings. The van der Waals surface area contributed by atoms with Crippen LogP contribution < -0.4 is 4.90 Å². The fourth-order valence-corrected chi connectivity index (χ4v) is 3.80. The number of tetrazole rings is 1. The topological polar surface area (TPSA) is 46.8 Å². The van der Waals surface area contributed by atoms with E-state index >= 15 is 0 Å². The third-order valence-corrected chi connectivity index (χ3v) is 5.05. The standard InChI is InChI=1S/C17H23N5/c1-12-10-17(2,3)14-6-4-5-7-15(14)21(12)11-16-18-19-20-22(16)13-8-9-13/h4-7,12-13H,8-11H2,1-3H3. The molecule has 116 valence electrons. The van der Waals surface area contributed by atoms with Gasteiger partial charge in [0, 0.05) is 11.7 Å². The Bertz CT molecular complexity index is 686. The first-order valence-corrected chi connectivity index (χ1v) is 8.19. The summed E-state index contributed by atoms with van der Waals surface area (Å²) >= 11 is 0. The van der Waals surface area contributed by atoms with E-state index in [1.165, 1.54) is 24.1 Å². The van der Waals surface area contributed by atoms with E-state index in [4.69, 9.17) is 0 Å². The van der Waals surface area contributed by atoms with Gasteiger partial charge in [-0.1, -0.05) is 32.0 Å². The van der Waals surface area contributed by atoms with Crippen LogP contribution in [0.3, 0.4) is 0 Å². The van der Waals surface area contributed by atoms with Crippen molar-refractivity contribution in [3.8, 4) is 0 Å². The average molecular weight is 297 g/mol. The number of para-hydroxylation sites is 1. The zero-order chi connectivity index (χ0) is 15.3. The van der Waals surface area contributed by atoms with Crippen LogP contribution in [-0.4, -0.2) is 26.2 Å². The van der Waals surface area contributed by atoms with E-state index in [1.807, 2.05) is 4.68 Å². The molecule has 1 aliphatic heterocycles. The Morgan fingerprint density at radius 1 is 1.23 bits per heavy atom. The Balaban J connectivity index is 1.70. The minimum absolute atomic E-state index is 0.217. The Kier molecular flexibility index (Phi) is 2.99. The predicted molar refractivity (Wildman–Crippen MR) is 85.8 cm³/mol. The monoisotopic (exact) mass is 297 g/mol. The zero-order valence-electron chi connectivity index (χ0n) is 13.5. The maximum absolute atomic E-state index is 4.28. The van der Waals surface area contributed by atoms with Gasteiger partial charge in [0.1, 0.15) is 0 Å². The molecule has 1 fully saturated rings. The third kappa shape index (κ3) is 2.19. The van der Waals surface area contributed by atoms with Gasteiger partial charge in [0.25, 0.3) is 0 Å². The Morgan fingerprint density at radius 3 is 2.77 bits per heavy atom. The molecule has 0 amide bonds. The van der Waals surface area contributed by atoms with Crippen molar-refractivity contribution in [2.45, 2.75) is 64.1 Å². The summed E-state index contributed by atoms with van der Waals surface area (Å²) in [6, 6.07) is 9.77. The van der Waals surface area contributed by atoms with Crippen LogP contribution in [0, 0.1) is 0 Å². The highest BCUT2D eigenvalue weighted by Gasteiger charge is 2.36. The van der Waals surface area contributed by atoms with Gasteiger partial charge in [-0.3, -0.25) is 0 Å². The highest BCUT2D eigenvalue weighted by Crippen LogP contribution is 2.43. The van der Waals surface area contributed by atoms with Crippen molar-refractivity contribution in [2.75, 3.05) is 4.90 Å². The molecule has 1 saturated carbocycles. The lowest BCUT2D eigenvalue weighted by molar-refractivity contribution is 0.389. The molecule has 1 aromatic heterocycles. The predicted octanol–water partition coefficient (Wildman–Crippen LogP) is 3.08. The molecule has 1 aliphatic carbocycles. The summed E-state index contributed by atoms with van der Waals surface area (Å²) in [4.78, 5) is 2.46. The molecule has 5 heteroatoms. The van der Waals surface area contributed by atoms with Gasteiger partial charge >= 0.3 is 0 Å². The summed E-state index contributed by atoms with van der Waals surface area (Å²) in [6.07, 6.45) is 3.56. The first-order chi connectivity index (χ1) is 10.6. The van der Waals surface area contributed by atoms with E-state index in [9.17, 15) is 0 Å². The highest BCUT2D eigenvalue weighted by atomic mass is 15.6. The average Bonchev–Trinajstić information content (AvgIpc) is 3.22. The van der Waals surface area contributed by atoms with E-state index in [-0.39, 0.29) is 5.41 Å². The molecule has 0 N–H and O–H groups in total. The normalized spacial score (nSPS) is 23.4. The smallest absolute Gasteiger partial charge is 0.170 e. The van der Waals surface area contributed by atoms with Crippen molar-refractivity contribution in [3.63, 3.8) is 0 Å². The molecule has 1 unspecified atom stereocenters. The van der Waals surface area contributed by atoms with Gasteiger partial charge in [-0.05, 0) is 53.7 Å². The van der Waals surface area contributed by atoms with Crippen molar-refractivity contribution in [2.24, 2.45) is 0 Å². The number of rotatable bonds is 3. The van der Waals surface area contributed by atoms with Crippen LogP contribution in [-0.2, 0) is 12.0 Å². The van der Waals surface area contributed by atoms with Gasteiger partial charge < -0.3 is 4.90 Å². The second-order valence-electron chi connectivity index (χ2n) is 7.35. The Hall–Kier alpha value is -1.91. The SMILES string of the molecule is CC1CC(C)(C)c2ccccc2N1Cc1nnnn1C1CC1. The Morgan fingerprint density at radius 2 is 2.00 bits per heavy atom. The minimum Gasteiger partial charge on any atom is -0.361 e. The van der Waals surface area contributed by atoms with Crippen molar-refractivity contribution < 1.29 is 0 Å². The maximum Gasteiger partial charge on any atom is 0.170 e. The molecule has 5 nitrogen and oxygen atoms in total. The third-order valence-electron chi connectivity index (χ3n) is 5.05. The number of nitrogens with zero attached hydrogens (tertiary/aromatic N) is 5. The van der Waals surface area contributed by atoms with Crippen LogP contribution in [0.25, 0.3) is 0 Å². The first kappa shape index (κ1) is 13.7. The van der Waals surface area contributed by atoms with E-state index in [0.717, 1.165) is 18.8 Å². The number of fused-ring (bicyclic) bond motifs is 1. The number of hydrogen-bond donors (Lipinski definition) is 0. The molecule has 0 radical (unpaired) electrons. The van der Waals surface area contributed by atoms with Gasteiger partial charge in [0.2, 0.25) is 0 Å². The molecule has 2 aromatic rings. The molecule has 1 atom stereocenters. The summed E-state index contributed by atoms with van der Waals surface area (Å²) in [5.74, 6) is 0.990. The zero-order valence-corrected chi connectivity index (χ0v) is 13.5. The van der Waals surface area contributed by atoms with Gasteiger partial charge in [-0.2, -0.15) is 0 Å². The van der Waals surface area contributed by atoms with Gasteiger partial charge in [-0.25, -0.2) is 4.68 Å². The quantitative estimate of drug-likeness (QED) is 0.873. The molecular weight excluding hydrogens is 274 g/mol. The molecule has 2 heterocycles. The number of aromatic nitrogens is 4. The minimum atomic E-state index is 0.217. The summed E-state index contributed by atoms with van der Waals surface area (Å²) in [6.45, 7) is 7.78. The fraction of sp³-hybridized carbons (Fsp3) is 0.588. The van der Waals surface area contributed by atoms with Crippen molar-refractivity contribution in [1.29, 1.82) is 0 Å². The second kappa shape index (κ2) is 4.80. The van der Waals surface area contributed by atoms with Crippen LogP contribution in [0.1, 0.15) is 57.5 Å². The molecular formula is C17H23N5. The lowest BCUT2D eigenvalue weighted by atomic mass is 9.75. The fourth-order valence-electron chi connectivity index (χ4n) is 3.80. The van der Waals surface area contributed by atoms with Crippen molar-refractivity contribution in [3.05, 3.63) is 35.7 Å². The summed E-state index contributed by atoms with van der Waals surface area (Å²) in [7, 11) is 0. The lowest BCUT2D eigenvalue weighted by Gasteiger charge is -2.44. The van der Waals surface area contributed by atoms with Gasteiger partial charge in [-0.15, -0.1) is 5.10 Å². The number of benzene rings is 1. The van der Waals surface area contributed by atoms with Crippen molar-refractivity contribution >= 4 is 5.69 Å². The molecule has 4 rings (SSSR count). The van der Waals surface area contributed by atoms with Crippen LogP contribution in [0.5, 0.6) is 0 Å². The largest absolute Gasteiger partial charge is 0.361 e.